The highest BCUT2D eigenvalue weighted by Crippen LogP contribution is 2.57. The van der Waals surface area contributed by atoms with Gasteiger partial charge in [-0.1, -0.05) is 6.92 Å². The SMILES string of the molecule is CC12CC1CN(S(=O)(=O)Cl)C2. The molecule has 11 heavy (non-hydrogen) atoms. The van der Waals surface area contributed by atoms with E-state index in [1.807, 2.05) is 0 Å². The summed E-state index contributed by atoms with van der Waals surface area (Å²) in [5.74, 6) is 0.566. The molecule has 0 aromatic heterocycles. The third-order valence-electron chi connectivity index (χ3n) is 2.81. The summed E-state index contributed by atoms with van der Waals surface area (Å²) in [5.41, 5.74) is 0.252. The molecule has 0 aromatic carbocycles. The molecule has 1 aliphatic carbocycles. The van der Waals surface area contributed by atoms with Crippen molar-refractivity contribution in [2.24, 2.45) is 11.3 Å². The Bertz CT molecular complexity index is 289. The second kappa shape index (κ2) is 1.92. The highest BCUT2D eigenvalue weighted by Gasteiger charge is 2.58. The van der Waals surface area contributed by atoms with Gasteiger partial charge in [-0.3, -0.25) is 0 Å². The molecule has 1 saturated carbocycles. The Labute approximate surface area is 70.9 Å². The van der Waals surface area contributed by atoms with E-state index in [-0.39, 0.29) is 5.41 Å². The van der Waals surface area contributed by atoms with Crippen LogP contribution in [0.3, 0.4) is 0 Å². The van der Waals surface area contributed by atoms with Crippen LogP contribution in [0.4, 0.5) is 0 Å². The van der Waals surface area contributed by atoms with Gasteiger partial charge < -0.3 is 0 Å². The molecule has 0 aromatic rings. The number of halogens is 1. The van der Waals surface area contributed by atoms with Gasteiger partial charge in [0.25, 0.3) is 9.24 Å². The fourth-order valence-electron chi connectivity index (χ4n) is 1.86. The quantitative estimate of drug-likeness (QED) is 0.581. The summed E-state index contributed by atoms with van der Waals surface area (Å²) in [4.78, 5) is 0. The van der Waals surface area contributed by atoms with Gasteiger partial charge in [-0.15, -0.1) is 0 Å². The van der Waals surface area contributed by atoms with E-state index in [0.29, 0.717) is 19.0 Å². The van der Waals surface area contributed by atoms with Crippen molar-refractivity contribution < 1.29 is 8.42 Å². The Morgan fingerprint density at radius 1 is 1.64 bits per heavy atom. The first-order chi connectivity index (χ1) is 4.92. The van der Waals surface area contributed by atoms with Gasteiger partial charge in [-0.05, 0) is 17.8 Å². The van der Waals surface area contributed by atoms with E-state index in [1.165, 1.54) is 4.31 Å². The molecule has 1 saturated heterocycles. The van der Waals surface area contributed by atoms with E-state index < -0.39 is 9.24 Å². The molecule has 2 atom stereocenters. The molecule has 64 valence electrons. The zero-order chi connectivity index (χ0) is 8.28. The van der Waals surface area contributed by atoms with Gasteiger partial charge in [-0.2, -0.15) is 12.7 Å². The van der Waals surface area contributed by atoms with Crippen molar-refractivity contribution in [3.63, 3.8) is 0 Å². The number of hydrogen-bond acceptors (Lipinski definition) is 2. The van der Waals surface area contributed by atoms with Crippen LogP contribution in [0.1, 0.15) is 13.3 Å². The van der Waals surface area contributed by atoms with Gasteiger partial charge in [0.15, 0.2) is 0 Å². The third kappa shape index (κ3) is 1.17. The molecule has 0 radical (unpaired) electrons. The zero-order valence-corrected chi connectivity index (χ0v) is 7.82. The van der Waals surface area contributed by atoms with Crippen molar-refractivity contribution >= 4 is 19.9 Å². The number of rotatable bonds is 1. The van der Waals surface area contributed by atoms with Crippen molar-refractivity contribution in [3.8, 4) is 0 Å². The molecule has 3 nitrogen and oxygen atoms in total. The van der Waals surface area contributed by atoms with Crippen molar-refractivity contribution in [3.05, 3.63) is 0 Å². The molecule has 2 rings (SSSR count). The standard InChI is InChI=1S/C6H10ClNO2S/c1-6-2-5(6)3-8(4-6)11(7,9)10/h5H,2-4H2,1H3. The molecule has 0 N–H and O–H groups in total. The zero-order valence-electron chi connectivity index (χ0n) is 6.25. The first kappa shape index (κ1) is 7.83. The van der Waals surface area contributed by atoms with Gasteiger partial charge in [0.2, 0.25) is 0 Å². The average Bonchev–Trinajstić information content (AvgIpc) is 2.30. The fraction of sp³-hybridized carbons (Fsp3) is 1.00. The van der Waals surface area contributed by atoms with Crippen LogP contribution in [-0.2, 0) is 9.24 Å². The fourth-order valence-corrected chi connectivity index (χ4v) is 2.98. The molecule has 5 heteroatoms. The lowest BCUT2D eigenvalue weighted by molar-refractivity contribution is 0.424. The summed E-state index contributed by atoms with van der Waals surface area (Å²) in [6.45, 7) is 3.35. The summed E-state index contributed by atoms with van der Waals surface area (Å²) in [6, 6.07) is 0. The molecule has 0 bridgehead atoms. The Kier molecular flexibility index (Phi) is 1.37. The van der Waals surface area contributed by atoms with Crippen LogP contribution in [0, 0.1) is 11.3 Å². The molecule has 2 fully saturated rings. The maximum atomic E-state index is 10.8. The van der Waals surface area contributed by atoms with E-state index >= 15 is 0 Å². The largest absolute Gasteiger partial charge is 0.299 e. The molecular weight excluding hydrogens is 186 g/mol. The van der Waals surface area contributed by atoms with Crippen molar-refractivity contribution in [2.45, 2.75) is 13.3 Å². The molecule has 0 spiro atoms. The summed E-state index contributed by atoms with van der Waals surface area (Å²) < 4.78 is 23.0. The minimum atomic E-state index is -3.44. The van der Waals surface area contributed by atoms with Crippen LogP contribution in [-0.4, -0.2) is 25.8 Å². The van der Waals surface area contributed by atoms with Crippen LogP contribution in [0.15, 0.2) is 0 Å². The molecular formula is C6H10ClNO2S. The lowest BCUT2D eigenvalue weighted by atomic mass is 10.1. The van der Waals surface area contributed by atoms with Gasteiger partial charge in [-0.25, -0.2) is 0 Å². The first-order valence-electron chi connectivity index (χ1n) is 3.61. The Hall–Kier alpha value is 0.200. The van der Waals surface area contributed by atoms with Crippen LogP contribution in [0.25, 0.3) is 0 Å². The van der Waals surface area contributed by atoms with E-state index in [1.54, 1.807) is 0 Å². The van der Waals surface area contributed by atoms with Crippen LogP contribution >= 0.6 is 10.7 Å². The predicted octanol–water partition coefficient (Wildman–Crippen LogP) is 0.812. The van der Waals surface area contributed by atoms with Crippen molar-refractivity contribution in [1.29, 1.82) is 0 Å². The van der Waals surface area contributed by atoms with Crippen molar-refractivity contribution in [1.82, 2.24) is 4.31 Å². The maximum absolute atomic E-state index is 10.8. The Morgan fingerprint density at radius 3 is 2.55 bits per heavy atom. The summed E-state index contributed by atoms with van der Waals surface area (Å²) in [7, 11) is 1.75. The number of fused-ring (bicyclic) bond motifs is 1. The van der Waals surface area contributed by atoms with Crippen LogP contribution in [0.2, 0.25) is 0 Å². The average molecular weight is 196 g/mol. The van der Waals surface area contributed by atoms with Crippen molar-refractivity contribution in [2.75, 3.05) is 13.1 Å². The minimum absolute atomic E-state index is 0.252. The normalized spacial score (nSPS) is 44.0. The van der Waals surface area contributed by atoms with Gasteiger partial charge in [0, 0.05) is 23.8 Å². The summed E-state index contributed by atoms with van der Waals surface area (Å²) in [5, 5.41) is 0. The van der Waals surface area contributed by atoms with Crippen LogP contribution < -0.4 is 0 Å². The Morgan fingerprint density at radius 2 is 2.27 bits per heavy atom. The molecule has 0 amide bonds. The van der Waals surface area contributed by atoms with Gasteiger partial charge in [0.05, 0.1) is 0 Å². The van der Waals surface area contributed by atoms with E-state index in [0.717, 1.165) is 6.42 Å². The number of nitrogens with zero attached hydrogens (tertiary/aromatic N) is 1. The van der Waals surface area contributed by atoms with E-state index in [9.17, 15) is 8.42 Å². The molecule has 1 heterocycles. The van der Waals surface area contributed by atoms with E-state index in [4.69, 9.17) is 10.7 Å². The smallest absolute Gasteiger partial charge is 0.195 e. The molecule has 2 aliphatic rings. The molecule has 2 unspecified atom stereocenters. The summed E-state index contributed by atoms with van der Waals surface area (Å²) >= 11 is 0. The predicted molar refractivity (Wildman–Crippen MR) is 42.6 cm³/mol. The lowest BCUT2D eigenvalue weighted by Crippen LogP contribution is -2.27. The minimum Gasteiger partial charge on any atom is -0.195 e. The van der Waals surface area contributed by atoms with Gasteiger partial charge in [0.1, 0.15) is 0 Å². The summed E-state index contributed by atoms with van der Waals surface area (Å²) in [6.07, 6.45) is 1.16. The highest BCUT2D eigenvalue weighted by atomic mass is 35.7. The Balaban J connectivity index is 2.14. The monoisotopic (exact) mass is 195 g/mol. The second-order valence-corrected chi connectivity index (χ2v) is 6.30. The maximum Gasteiger partial charge on any atom is 0.299 e. The lowest BCUT2D eigenvalue weighted by Gasteiger charge is -2.13. The second-order valence-electron chi connectivity index (χ2n) is 3.79. The van der Waals surface area contributed by atoms with E-state index in [2.05, 4.69) is 6.92 Å². The first-order valence-corrected chi connectivity index (χ1v) is 5.88. The topological polar surface area (TPSA) is 37.4 Å². The highest BCUT2D eigenvalue weighted by molar-refractivity contribution is 8.11. The van der Waals surface area contributed by atoms with Crippen LogP contribution in [0.5, 0.6) is 0 Å². The number of hydrogen-bond donors (Lipinski definition) is 0. The third-order valence-corrected chi connectivity index (χ3v) is 4.29. The molecule has 1 aliphatic heterocycles. The van der Waals surface area contributed by atoms with Gasteiger partial charge >= 0.3 is 0 Å². The number of piperidine rings is 1.